The zero-order valence-corrected chi connectivity index (χ0v) is 25.7. The van der Waals surface area contributed by atoms with E-state index >= 15 is 0 Å². The van der Waals surface area contributed by atoms with Crippen LogP contribution < -0.4 is 24.6 Å². The Balaban J connectivity index is 1.32. The molecule has 3 aromatic carbocycles. The smallest absolute Gasteiger partial charge is 0.324 e. The summed E-state index contributed by atoms with van der Waals surface area (Å²) in [6.07, 6.45) is 0.763. The monoisotopic (exact) mass is 596 g/mol. The van der Waals surface area contributed by atoms with Crippen LogP contribution in [0, 0.1) is 0 Å². The minimum Gasteiger partial charge on any atom is -0.489 e. The molecule has 230 valence electrons. The molecule has 4 aromatic rings. The summed E-state index contributed by atoms with van der Waals surface area (Å²) in [7, 11) is 5.44. The van der Waals surface area contributed by atoms with Gasteiger partial charge in [-0.1, -0.05) is 54.6 Å². The Hall–Kier alpha value is -4.41. The molecular weight excluding hydrogens is 556 g/mol. The topological polar surface area (TPSA) is 92.3 Å². The van der Waals surface area contributed by atoms with E-state index in [2.05, 4.69) is 68.5 Å². The maximum Gasteiger partial charge on any atom is 0.324 e. The molecule has 44 heavy (non-hydrogen) atoms. The number of fused-ring (bicyclic) bond motifs is 2. The molecule has 1 fully saturated rings. The molecular formula is C34H40N6O4. The highest BCUT2D eigenvalue weighted by Crippen LogP contribution is 2.37. The number of nitrogens with one attached hydrogen (secondary N) is 1. The van der Waals surface area contributed by atoms with Gasteiger partial charge in [0.05, 0.1) is 19.3 Å². The summed E-state index contributed by atoms with van der Waals surface area (Å²) in [6, 6.07) is 22.8. The predicted octanol–water partition coefficient (Wildman–Crippen LogP) is 3.66. The second kappa shape index (κ2) is 13.5. The van der Waals surface area contributed by atoms with Crippen molar-refractivity contribution in [1.29, 1.82) is 0 Å². The van der Waals surface area contributed by atoms with E-state index in [1.807, 2.05) is 32.3 Å². The molecule has 1 atom stereocenters. The molecule has 1 N–H and O–H groups in total. The van der Waals surface area contributed by atoms with Crippen molar-refractivity contribution in [1.82, 2.24) is 20.2 Å². The van der Waals surface area contributed by atoms with Crippen LogP contribution in [0.5, 0.6) is 11.8 Å². The quantitative estimate of drug-likeness (QED) is 0.274. The highest BCUT2D eigenvalue weighted by molar-refractivity contribution is 5.96. The molecule has 0 aliphatic carbocycles. The molecule has 2 aliphatic rings. The van der Waals surface area contributed by atoms with Crippen molar-refractivity contribution in [3.05, 3.63) is 83.6 Å². The number of benzene rings is 3. The number of hydrogen-bond acceptors (Lipinski definition) is 10. The van der Waals surface area contributed by atoms with Gasteiger partial charge in [0.2, 0.25) is 0 Å². The van der Waals surface area contributed by atoms with Crippen molar-refractivity contribution in [3.63, 3.8) is 0 Å². The molecule has 1 aromatic heterocycles. The fraction of sp³-hybridized carbons (Fsp3) is 0.382. The third kappa shape index (κ3) is 6.71. The number of likely N-dealkylation sites (N-methyl/N-ethyl adjacent to an activating group) is 1. The molecule has 0 amide bonds. The highest BCUT2D eigenvalue weighted by Gasteiger charge is 2.31. The SMILES string of the molecule is COC(=O)C1CN(c2nc(OCCN(C)C)nc3c2CCN(c2cc(OCc4ccccc4)cc4ccccc24)C3)CCN1. The number of hydrogen-bond donors (Lipinski definition) is 1. The van der Waals surface area contributed by atoms with Gasteiger partial charge in [-0.05, 0) is 37.5 Å². The van der Waals surface area contributed by atoms with Crippen LogP contribution >= 0.6 is 0 Å². The summed E-state index contributed by atoms with van der Waals surface area (Å²) in [5.41, 5.74) is 4.28. The Labute approximate surface area is 258 Å². The summed E-state index contributed by atoms with van der Waals surface area (Å²) in [5.74, 6) is 1.40. The van der Waals surface area contributed by atoms with Gasteiger partial charge in [-0.2, -0.15) is 9.97 Å². The van der Waals surface area contributed by atoms with Crippen LogP contribution in [0.2, 0.25) is 0 Å². The molecule has 10 nitrogen and oxygen atoms in total. The van der Waals surface area contributed by atoms with E-state index in [4.69, 9.17) is 24.2 Å². The second-order valence-electron chi connectivity index (χ2n) is 11.5. The molecule has 1 saturated heterocycles. The van der Waals surface area contributed by atoms with Crippen molar-refractivity contribution in [2.45, 2.75) is 25.6 Å². The van der Waals surface area contributed by atoms with Gasteiger partial charge in [-0.25, -0.2) is 0 Å². The summed E-state index contributed by atoms with van der Waals surface area (Å²) in [5, 5.41) is 5.56. The van der Waals surface area contributed by atoms with Crippen LogP contribution in [0.15, 0.2) is 66.7 Å². The van der Waals surface area contributed by atoms with E-state index in [1.165, 1.54) is 12.5 Å². The standard InChI is InChI=1S/C34H40N6O4/c1-38(2)17-18-43-34-36-29-21-39(15-13-28(29)32(37-34)40-16-14-35-30(22-40)33(41)42-3)31-20-26(19-25-11-7-8-12-27(25)31)44-23-24-9-5-4-6-10-24/h4-12,19-20,30,35H,13-18,21-23H2,1-3H3. The van der Waals surface area contributed by atoms with Crippen LogP contribution in [0.4, 0.5) is 11.5 Å². The van der Waals surface area contributed by atoms with Crippen molar-refractivity contribution in [2.24, 2.45) is 0 Å². The van der Waals surface area contributed by atoms with Crippen molar-refractivity contribution in [2.75, 3.05) is 70.3 Å². The molecule has 2 aliphatic heterocycles. The van der Waals surface area contributed by atoms with Gasteiger partial charge >= 0.3 is 12.0 Å². The first kappa shape index (κ1) is 29.7. The number of methoxy groups -OCH3 is 1. The van der Waals surface area contributed by atoms with Crippen molar-refractivity contribution in [3.8, 4) is 11.8 Å². The third-order valence-corrected chi connectivity index (χ3v) is 8.16. The lowest BCUT2D eigenvalue weighted by Crippen LogP contribution is -2.55. The largest absolute Gasteiger partial charge is 0.489 e. The van der Waals surface area contributed by atoms with Crippen LogP contribution in [0.25, 0.3) is 10.8 Å². The lowest BCUT2D eigenvalue weighted by molar-refractivity contribution is -0.143. The number of rotatable bonds is 10. The van der Waals surface area contributed by atoms with Crippen molar-refractivity contribution < 1.29 is 19.0 Å². The van der Waals surface area contributed by atoms with Gasteiger partial charge < -0.3 is 34.2 Å². The third-order valence-electron chi connectivity index (χ3n) is 8.16. The molecule has 10 heteroatoms. The molecule has 3 heterocycles. The number of nitrogens with zero attached hydrogens (tertiary/aromatic N) is 5. The number of piperazine rings is 1. The van der Waals surface area contributed by atoms with E-state index in [0.717, 1.165) is 65.5 Å². The minimum absolute atomic E-state index is 0.271. The lowest BCUT2D eigenvalue weighted by atomic mass is 10.0. The second-order valence-corrected chi connectivity index (χ2v) is 11.5. The highest BCUT2D eigenvalue weighted by atomic mass is 16.5. The number of esters is 1. The van der Waals surface area contributed by atoms with Gasteiger partial charge in [0, 0.05) is 55.4 Å². The first-order valence-electron chi connectivity index (χ1n) is 15.2. The summed E-state index contributed by atoms with van der Waals surface area (Å²) >= 11 is 0. The summed E-state index contributed by atoms with van der Waals surface area (Å²) in [4.78, 5) is 28.8. The number of ether oxygens (including phenoxy) is 3. The number of carbonyl (C=O) groups is 1. The first-order valence-corrected chi connectivity index (χ1v) is 15.2. The average molecular weight is 597 g/mol. The molecule has 0 spiro atoms. The molecule has 0 saturated carbocycles. The normalized spacial score (nSPS) is 16.6. The Bertz CT molecular complexity index is 1600. The molecule has 6 rings (SSSR count). The van der Waals surface area contributed by atoms with Gasteiger partial charge in [0.15, 0.2) is 0 Å². The Kier molecular flexibility index (Phi) is 9.09. The average Bonchev–Trinajstić information content (AvgIpc) is 3.06. The summed E-state index contributed by atoms with van der Waals surface area (Å²) < 4.78 is 17.4. The van der Waals surface area contributed by atoms with Crippen LogP contribution in [-0.4, -0.2) is 87.4 Å². The molecule has 0 radical (unpaired) electrons. The number of aromatic nitrogens is 2. The minimum atomic E-state index is -0.414. The van der Waals surface area contributed by atoms with E-state index in [0.29, 0.717) is 38.9 Å². The van der Waals surface area contributed by atoms with E-state index < -0.39 is 6.04 Å². The van der Waals surface area contributed by atoms with E-state index in [-0.39, 0.29) is 5.97 Å². The van der Waals surface area contributed by atoms with Gasteiger partial charge in [-0.3, -0.25) is 4.79 Å². The van der Waals surface area contributed by atoms with Crippen molar-refractivity contribution >= 4 is 28.2 Å². The lowest BCUT2D eigenvalue weighted by Gasteiger charge is -2.37. The van der Waals surface area contributed by atoms with Gasteiger partial charge in [0.1, 0.15) is 30.8 Å². The fourth-order valence-corrected chi connectivity index (χ4v) is 5.83. The number of carbonyl (C=O) groups excluding carboxylic acids is 1. The summed E-state index contributed by atoms with van der Waals surface area (Å²) in [6.45, 7) is 4.99. The van der Waals surface area contributed by atoms with E-state index in [1.54, 1.807) is 0 Å². The molecule has 0 bridgehead atoms. The first-order chi connectivity index (χ1) is 21.5. The Morgan fingerprint density at radius 3 is 2.64 bits per heavy atom. The fourth-order valence-electron chi connectivity index (χ4n) is 5.83. The van der Waals surface area contributed by atoms with Crippen LogP contribution in [-0.2, 0) is 29.1 Å². The van der Waals surface area contributed by atoms with Crippen LogP contribution in [0.3, 0.4) is 0 Å². The predicted molar refractivity (Wildman–Crippen MR) is 172 cm³/mol. The maximum atomic E-state index is 12.4. The zero-order chi connectivity index (χ0) is 30.5. The van der Waals surface area contributed by atoms with Gasteiger partial charge in [0.25, 0.3) is 0 Å². The zero-order valence-electron chi connectivity index (χ0n) is 25.7. The Morgan fingerprint density at radius 1 is 1.00 bits per heavy atom. The molecule has 1 unspecified atom stereocenters. The van der Waals surface area contributed by atoms with Gasteiger partial charge in [-0.15, -0.1) is 0 Å². The Morgan fingerprint density at radius 2 is 1.82 bits per heavy atom. The van der Waals surface area contributed by atoms with E-state index in [9.17, 15) is 4.79 Å². The maximum absolute atomic E-state index is 12.4. The number of anilines is 2. The van der Waals surface area contributed by atoms with Crippen LogP contribution in [0.1, 0.15) is 16.8 Å².